The fourth-order valence-electron chi connectivity index (χ4n) is 2.66. The fraction of sp³-hybridized carbons (Fsp3) is 0.211. The van der Waals surface area contributed by atoms with Crippen LogP contribution in [0.3, 0.4) is 0 Å². The average Bonchev–Trinajstić information content (AvgIpc) is 3.00. The molecule has 0 saturated heterocycles. The van der Waals surface area contributed by atoms with E-state index in [2.05, 4.69) is 9.56 Å². The Labute approximate surface area is 165 Å². The zero-order chi connectivity index (χ0) is 18.7. The number of nitrogens with zero attached hydrogens (tertiary/aromatic N) is 2. The Morgan fingerprint density at radius 2 is 1.92 bits per heavy atom. The zero-order valence-electron chi connectivity index (χ0n) is 14.2. The van der Waals surface area contributed by atoms with Crippen LogP contribution in [0.4, 0.5) is 10.1 Å². The highest BCUT2D eigenvalue weighted by atomic mass is 35.5. The van der Waals surface area contributed by atoms with E-state index in [1.54, 1.807) is 25.3 Å². The lowest BCUT2D eigenvalue weighted by Crippen LogP contribution is -2.23. The highest BCUT2D eigenvalue weighted by molar-refractivity contribution is 7.07. The van der Waals surface area contributed by atoms with E-state index in [1.807, 2.05) is 24.4 Å². The lowest BCUT2D eigenvalue weighted by atomic mass is 10.1. The largest absolute Gasteiger partial charge is 0.383 e. The molecule has 0 saturated carbocycles. The topological polar surface area (TPSA) is 26.5 Å². The minimum absolute atomic E-state index is 0.0344. The molecule has 7 heteroatoms. The molecule has 0 aliphatic heterocycles. The molecule has 1 unspecified atom stereocenters. The van der Waals surface area contributed by atoms with Gasteiger partial charge in [-0.1, -0.05) is 23.2 Å². The molecule has 2 aromatic carbocycles. The first-order valence-electron chi connectivity index (χ1n) is 7.94. The second-order valence-electron chi connectivity index (χ2n) is 5.79. The Balaban J connectivity index is 2.17. The van der Waals surface area contributed by atoms with Crippen LogP contribution in [0.15, 0.2) is 52.8 Å². The Morgan fingerprint density at radius 3 is 2.58 bits per heavy atom. The van der Waals surface area contributed by atoms with Gasteiger partial charge in [-0.25, -0.2) is 9.38 Å². The van der Waals surface area contributed by atoms with Crippen LogP contribution in [0, 0.1) is 5.82 Å². The van der Waals surface area contributed by atoms with Crippen molar-refractivity contribution in [1.82, 2.24) is 4.57 Å². The summed E-state index contributed by atoms with van der Waals surface area (Å²) in [6.45, 7) is 2.57. The van der Waals surface area contributed by atoms with E-state index < -0.39 is 0 Å². The quantitative estimate of drug-likeness (QED) is 0.498. The van der Waals surface area contributed by atoms with Crippen LogP contribution in [0.2, 0.25) is 10.0 Å². The van der Waals surface area contributed by atoms with Crippen molar-refractivity contribution in [3.05, 3.63) is 68.5 Å². The fourth-order valence-corrected chi connectivity index (χ4v) is 4.18. The molecular formula is C19H17Cl2FN2OS. The van der Waals surface area contributed by atoms with Gasteiger partial charge >= 0.3 is 0 Å². The SMILES string of the molecule is COCC(C)n1c(-c2ccc(Cl)cc2Cl)csc1=Nc1ccc(F)cc1. The Kier molecular flexibility index (Phi) is 6.14. The van der Waals surface area contributed by atoms with E-state index in [0.717, 1.165) is 16.1 Å². The maximum atomic E-state index is 13.1. The van der Waals surface area contributed by atoms with E-state index in [1.165, 1.54) is 23.5 Å². The van der Waals surface area contributed by atoms with Gasteiger partial charge in [-0.2, -0.15) is 0 Å². The normalized spacial score (nSPS) is 13.2. The van der Waals surface area contributed by atoms with E-state index in [9.17, 15) is 4.39 Å². The molecule has 3 nitrogen and oxygen atoms in total. The third kappa shape index (κ3) is 4.18. The van der Waals surface area contributed by atoms with Crippen molar-refractivity contribution in [3.8, 4) is 11.3 Å². The molecule has 0 amide bonds. The number of methoxy groups -OCH3 is 1. The Bertz CT molecular complexity index is 966. The van der Waals surface area contributed by atoms with Crippen molar-refractivity contribution in [2.24, 2.45) is 4.99 Å². The summed E-state index contributed by atoms with van der Waals surface area (Å²) in [6, 6.07) is 11.5. The van der Waals surface area contributed by atoms with Crippen LogP contribution < -0.4 is 4.80 Å². The number of thiazole rings is 1. The molecule has 1 heterocycles. The van der Waals surface area contributed by atoms with Crippen LogP contribution in [0.25, 0.3) is 11.3 Å². The number of benzene rings is 2. The van der Waals surface area contributed by atoms with Gasteiger partial charge in [0.05, 0.1) is 29.1 Å². The van der Waals surface area contributed by atoms with Crippen molar-refractivity contribution >= 4 is 40.2 Å². The standard InChI is InChI=1S/C19H17Cl2FN2OS/c1-12(10-25-2)24-18(16-8-3-13(20)9-17(16)21)11-26-19(24)23-15-6-4-14(22)5-7-15/h3-9,11-12H,10H2,1-2H3. The minimum Gasteiger partial charge on any atom is -0.383 e. The van der Waals surface area contributed by atoms with E-state index >= 15 is 0 Å². The van der Waals surface area contributed by atoms with Gasteiger partial charge in [0.2, 0.25) is 0 Å². The van der Waals surface area contributed by atoms with Gasteiger partial charge in [0, 0.05) is 23.1 Å². The molecule has 0 N–H and O–H groups in total. The van der Waals surface area contributed by atoms with Gasteiger partial charge < -0.3 is 9.30 Å². The second kappa shape index (κ2) is 8.35. The number of hydrogen-bond donors (Lipinski definition) is 0. The second-order valence-corrected chi connectivity index (χ2v) is 7.47. The van der Waals surface area contributed by atoms with Crippen molar-refractivity contribution in [2.75, 3.05) is 13.7 Å². The van der Waals surface area contributed by atoms with Crippen molar-refractivity contribution < 1.29 is 9.13 Å². The minimum atomic E-state index is -0.288. The number of rotatable bonds is 5. The third-order valence-electron chi connectivity index (χ3n) is 3.85. The van der Waals surface area contributed by atoms with Crippen LogP contribution in [-0.2, 0) is 4.74 Å². The molecule has 0 radical (unpaired) electrons. The van der Waals surface area contributed by atoms with E-state index in [-0.39, 0.29) is 11.9 Å². The van der Waals surface area contributed by atoms with Gasteiger partial charge in [0.25, 0.3) is 0 Å². The van der Waals surface area contributed by atoms with E-state index in [4.69, 9.17) is 27.9 Å². The summed E-state index contributed by atoms with van der Waals surface area (Å²) in [6.07, 6.45) is 0. The van der Waals surface area contributed by atoms with Gasteiger partial charge in [-0.3, -0.25) is 0 Å². The molecular weight excluding hydrogens is 394 g/mol. The Morgan fingerprint density at radius 1 is 1.19 bits per heavy atom. The maximum absolute atomic E-state index is 13.1. The van der Waals surface area contributed by atoms with Crippen LogP contribution in [-0.4, -0.2) is 18.3 Å². The number of halogens is 3. The summed E-state index contributed by atoms with van der Waals surface area (Å²) >= 11 is 13.9. The molecule has 3 aromatic rings. The maximum Gasteiger partial charge on any atom is 0.190 e. The van der Waals surface area contributed by atoms with Crippen LogP contribution >= 0.6 is 34.5 Å². The van der Waals surface area contributed by atoms with Crippen LogP contribution in [0.5, 0.6) is 0 Å². The highest BCUT2D eigenvalue weighted by Crippen LogP contribution is 2.32. The molecule has 0 aliphatic rings. The Hall–Kier alpha value is -1.66. The lowest BCUT2D eigenvalue weighted by molar-refractivity contribution is 0.162. The third-order valence-corrected chi connectivity index (χ3v) is 5.24. The molecule has 0 bridgehead atoms. The molecule has 136 valence electrons. The highest BCUT2D eigenvalue weighted by Gasteiger charge is 2.16. The van der Waals surface area contributed by atoms with Gasteiger partial charge in [-0.05, 0) is 49.4 Å². The molecule has 0 fully saturated rings. The lowest BCUT2D eigenvalue weighted by Gasteiger charge is -2.17. The first kappa shape index (κ1) is 19.1. The predicted octanol–water partition coefficient (Wildman–Crippen LogP) is 6.10. The molecule has 0 spiro atoms. The first-order chi connectivity index (χ1) is 12.5. The number of aromatic nitrogens is 1. The summed E-state index contributed by atoms with van der Waals surface area (Å²) in [7, 11) is 1.66. The summed E-state index contributed by atoms with van der Waals surface area (Å²) in [5.74, 6) is -0.288. The monoisotopic (exact) mass is 410 g/mol. The van der Waals surface area contributed by atoms with Crippen molar-refractivity contribution in [1.29, 1.82) is 0 Å². The van der Waals surface area contributed by atoms with Crippen molar-refractivity contribution in [2.45, 2.75) is 13.0 Å². The van der Waals surface area contributed by atoms with Gasteiger partial charge in [0.1, 0.15) is 5.82 Å². The van der Waals surface area contributed by atoms with E-state index in [0.29, 0.717) is 22.3 Å². The summed E-state index contributed by atoms with van der Waals surface area (Å²) in [5.41, 5.74) is 2.48. The summed E-state index contributed by atoms with van der Waals surface area (Å²) in [4.78, 5) is 5.45. The molecule has 26 heavy (non-hydrogen) atoms. The van der Waals surface area contributed by atoms with Gasteiger partial charge in [0.15, 0.2) is 4.80 Å². The molecule has 0 aliphatic carbocycles. The summed E-state index contributed by atoms with van der Waals surface area (Å²) in [5, 5.41) is 3.16. The molecule has 1 aromatic heterocycles. The number of hydrogen-bond acceptors (Lipinski definition) is 3. The van der Waals surface area contributed by atoms with Crippen LogP contribution in [0.1, 0.15) is 13.0 Å². The van der Waals surface area contributed by atoms with Crippen molar-refractivity contribution in [3.63, 3.8) is 0 Å². The first-order valence-corrected chi connectivity index (χ1v) is 9.58. The number of ether oxygens (including phenoxy) is 1. The molecule has 1 atom stereocenters. The zero-order valence-corrected chi connectivity index (χ0v) is 16.6. The molecule has 3 rings (SSSR count). The predicted molar refractivity (Wildman–Crippen MR) is 106 cm³/mol. The van der Waals surface area contributed by atoms with Gasteiger partial charge in [-0.15, -0.1) is 11.3 Å². The summed E-state index contributed by atoms with van der Waals surface area (Å²) < 4.78 is 20.6. The smallest absolute Gasteiger partial charge is 0.190 e. The average molecular weight is 411 g/mol.